The van der Waals surface area contributed by atoms with Crippen molar-refractivity contribution < 1.29 is 13.6 Å². The van der Waals surface area contributed by atoms with E-state index in [-0.39, 0.29) is 11.9 Å². The van der Waals surface area contributed by atoms with Gasteiger partial charge in [0.15, 0.2) is 11.6 Å². The standard InChI is InChI=1S/C16H21F2N3O/c17-13-4-3-12(10-14(13)18)21-8-5-11(6-9-21)20-15-2-1-7-19-16(15)22/h3-4,10-11,15,20H,1-2,5-9H2,(H,19,22)/t15-/m1/s1. The quantitative estimate of drug-likeness (QED) is 0.895. The van der Waals surface area contributed by atoms with Crippen molar-refractivity contribution >= 4 is 11.6 Å². The van der Waals surface area contributed by atoms with Gasteiger partial charge in [-0.25, -0.2) is 8.78 Å². The SMILES string of the molecule is O=C1NCCC[C@H]1NC1CCN(c2ccc(F)c(F)c2)CC1. The maximum atomic E-state index is 13.3. The van der Waals surface area contributed by atoms with Crippen molar-refractivity contribution in [2.24, 2.45) is 0 Å². The number of rotatable bonds is 3. The highest BCUT2D eigenvalue weighted by molar-refractivity contribution is 5.82. The molecule has 2 aliphatic rings. The Bertz CT molecular complexity index is 544. The molecule has 0 radical (unpaired) electrons. The summed E-state index contributed by atoms with van der Waals surface area (Å²) in [4.78, 5) is 13.8. The van der Waals surface area contributed by atoms with Crippen LogP contribution in [0.4, 0.5) is 14.5 Å². The number of hydrogen-bond acceptors (Lipinski definition) is 3. The first-order valence-electron chi connectivity index (χ1n) is 7.87. The summed E-state index contributed by atoms with van der Waals surface area (Å²) in [5.41, 5.74) is 0.716. The Morgan fingerprint density at radius 3 is 2.59 bits per heavy atom. The normalized spacial score (nSPS) is 23.5. The predicted octanol–water partition coefficient (Wildman–Crippen LogP) is 1.80. The van der Waals surface area contributed by atoms with Gasteiger partial charge >= 0.3 is 0 Å². The lowest BCUT2D eigenvalue weighted by atomic mass is 10.00. The summed E-state index contributed by atoms with van der Waals surface area (Å²) < 4.78 is 26.3. The van der Waals surface area contributed by atoms with Crippen LogP contribution in [0.25, 0.3) is 0 Å². The van der Waals surface area contributed by atoms with Gasteiger partial charge in [0.1, 0.15) is 0 Å². The summed E-state index contributed by atoms with van der Waals surface area (Å²) in [7, 11) is 0. The van der Waals surface area contributed by atoms with Gasteiger partial charge in [0, 0.05) is 37.4 Å². The van der Waals surface area contributed by atoms with E-state index in [0.717, 1.165) is 45.3 Å². The van der Waals surface area contributed by atoms with Gasteiger partial charge < -0.3 is 15.5 Å². The molecule has 1 amide bonds. The lowest BCUT2D eigenvalue weighted by Gasteiger charge is -2.36. The Labute approximate surface area is 128 Å². The van der Waals surface area contributed by atoms with Gasteiger partial charge in [0.25, 0.3) is 0 Å². The molecule has 0 aliphatic carbocycles. The Kier molecular flexibility index (Phi) is 4.57. The number of carbonyl (C=O) groups excluding carboxylic acids is 1. The maximum Gasteiger partial charge on any atom is 0.237 e. The minimum atomic E-state index is -0.816. The highest BCUT2D eigenvalue weighted by Crippen LogP contribution is 2.22. The van der Waals surface area contributed by atoms with Crippen molar-refractivity contribution in [3.05, 3.63) is 29.8 Å². The van der Waals surface area contributed by atoms with E-state index in [1.54, 1.807) is 6.07 Å². The minimum absolute atomic E-state index is 0.0893. The Morgan fingerprint density at radius 1 is 1.14 bits per heavy atom. The molecule has 3 rings (SSSR count). The van der Waals surface area contributed by atoms with Crippen molar-refractivity contribution in [2.45, 2.75) is 37.8 Å². The molecule has 0 unspecified atom stereocenters. The molecular formula is C16H21F2N3O. The molecule has 2 aliphatic heterocycles. The van der Waals surface area contributed by atoms with E-state index in [1.807, 2.05) is 0 Å². The first kappa shape index (κ1) is 15.2. The highest BCUT2D eigenvalue weighted by Gasteiger charge is 2.27. The molecule has 4 nitrogen and oxygen atoms in total. The monoisotopic (exact) mass is 309 g/mol. The van der Waals surface area contributed by atoms with E-state index in [2.05, 4.69) is 15.5 Å². The second-order valence-electron chi connectivity index (χ2n) is 6.01. The average molecular weight is 309 g/mol. The molecule has 2 fully saturated rings. The van der Waals surface area contributed by atoms with Gasteiger partial charge in [0.05, 0.1) is 6.04 Å². The van der Waals surface area contributed by atoms with E-state index in [1.165, 1.54) is 12.1 Å². The van der Waals surface area contributed by atoms with E-state index in [0.29, 0.717) is 11.7 Å². The summed E-state index contributed by atoms with van der Waals surface area (Å²) in [6, 6.07) is 4.24. The molecule has 1 atom stereocenters. The largest absolute Gasteiger partial charge is 0.371 e. The van der Waals surface area contributed by atoms with Crippen molar-refractivity contribution in [1.82, 2.24) is 10.6 Å². The Balaban J connectivity index is 1.53. The lowest BCUT2D eigenvalue weighted by Crippen LogP contribution is -2.54. The van der Waals surface area contributed by atoms with Crippen LogP contribution < -0.4 is 15.5 Å². The fourth-order valence-electron chi connectivity index (χ4n) is 3.20. The highest BCUT2D eigenvalue weighted by atomic mass is 19.2. The Hall–Kier alpha value is -1.69. The van der Waals surface area contributed by atoms with Crippen LogP contribution >= 0.6 is 0 Å². The fourth-order valence-corrected chi connectivity index (χ4v) is 3.20. The molecule has 1 aromatic rings. The third-order valence-electron chi connectivity index (χ3n) is 4.49. The van der Waals surface area contributed by atoms with Crippen LogP contribution in [0.5, 0.6) is 0 Å². The molecule has 0 spiro atoms. The second-order valence-corrected chi connectivity index (χ2v) is 6.01. The third-order valence-corrected chi connectivity index (χ3v) is 4.49. The number of nitrogens with zero attached hydrogens (tertiary/aromatic N) is 1. The number of anilines is 1. The van der Waals surface area contributed by atoms with Crippen molar-refractivity contribution in [3.8, 4) is 0 Å². The molecule has 0 saturated carbocycles. The predicted molar refractivity (Wildman–Crippen MR) is 80.8 cm³/mol. The molecule has 2 heterocycles. The number of nitrogens with one attached hydrogen (secondary N) is 2. The minimum Gasteiger partial charge on any atom is -0.371 e. The van der Waals surface area contributed by atoms with Gasteiger partial charge in [-0.1, -0.05) is 0 Å². The number of benzene rings is 1. The first-order chi connectivity index (χ1) is 10.6. The van der Waals surface area contributed by atoms with Gasteiger partial charge in [-0.05, 0) is 37.8 Å². The van der Waals surface area contributed by atoms with E-state index in [4.69, 9.17) is 0 Å². The summed E-state index contributed by atoms with van der Waals surface area (Å²) >= 11 is 0. The molecule has 22 heavy (non-hydrogen) atoms. The summed E-state index contributed by atoms with van der Waals surface area (Å²) in [5.74, 6) is -1.53. The van der Waals surface area contributed by atoms with Crippen LogP contribution in [-0.2, 0) is 4.79 Å². The fraction of sp³-hybridized carbons (Fsp3) is 0.562. The second kappa shape index (κ2) is 6.60. The summed E-state index contributed by atoms with van der Waals surface area (Å²) in [5, 5.41) is 6.31. The van der Waals surface area contributed by atoms with Crippen LogP contribution in [0.2, 0.25) is 0 Å². The third kappa shape index (κ3) is 3.38. The first-order valence-corrected chi connectivity index (χ1v) is 7.87. The van der Waals surface area contributed by atoms with Crippen LogP contribution in [0.3, 0.4) is 0 Å². The van der Waals surface area contributed by atoms with E-state index < -0.39 is 11.6 Å². The summed E-state index contributed by atoms with van der Waals surface area (Å²) in [6.07, 6.45) is 3.68. The van der Waals surface area contributed by atoms with Crippen LogP contribution in [-0.4, -0.2) is 37.6 Å². The lowest BCUT2D eigenvalue weighted by molar-refractivity contribution is -0.124. The Morgan fingerprint density at radius 2 is 1.91 bits per heavy atom. The van der Waals surface area contributed by atoms with Crippen LogP contribution in [0.15, 0.2) is 18.2 Å². The molecule has 0 bridgehead atoms. The van der Waals surface area contributed by atoms with Crippen LogP contribution in [0, 0.1) is 11.6 Å². The summed E-state index contributed by atoms with van der Waals surface area (Å²) in [6.45, 7) is 2.32. The van der Waals surface area contributed by atoms with Gasteiger partial charge in [-0.2, -0.15) is 0 Å². The van der Waals surface area contributed by atoms with Crippen LogP contribution in [0.1, 0.15) is 25.7 Å². The molecule has 120 valence electrons. The zero-order valence-electron chi connectivity index (χ0n) is 12.4. The molecule has 1 aromatic carbocycles. The van der Waals surface area contributed by atoms with Crippen molar-refractivity contribution in [3.63, 3.8) is 0 Å². The van der Waals surface area contributed by atoms with Gasteiger partial charge in [0.2, 0.25) is 5.91 Å². The molecule has 6 heteroatoms. The zero-order chi connectivity index (χ0) is 15.5. The molecule has 2 N–H and O–H groups in total. The van der Waals surface area contributed by atoms with E-state index >= 15 is 0 Å². The topological polar surface area (TPSA) is 44.4 Å². The molecular weight excluding hydrogens is 288 g/mol. The van der Waals surface area contributed by atoms with E-state index in [9.17, 15) is 13.6 Å². The number of amides is 1. The number of carbonyl (C=O) groups is 1. The van der Waals surface area contributed by atoms with Crippen molar-refractivity contribution in [2.75, 3.05) is 24.5 Å². The maximum absolute atomic E-state index is 13.3. The molecule has 2 saturated heterocycles. The number of halogens is 2. The number of piperidine rings is 2. The molecule has 0 aromatic heterocycles. The number of hydrogen-bond donors (Lipinski definition) is 2. The van der Waals surface area contributed by atoms with Gasteiger partial charge in [-0.3, -0.25) is 4.79 Å². The zero-order valence-corrected chi connectivity index (χ0v) is 12.4. The van der Waals surface area contributed by atoms with Crippen molar-refractivity contribution in [1.29, 1.82) is 0 Å². The smallest absolute Gasteiger partial charge is 0.237 e. The van der Waals surface area contributed by atoms with Gasteiger partial charge in [-0.15, -0.1) is 0 Å². The average Bonchev–Trinajstić information content (AvgIpc) is 2.53.